The van der Waals surface area contributed by atoms with Gasteiger partial charge in [0.2, 0.25) is 7.59 Å². The first-order valence-electron chi connectivity index (χ1n) is 4.44. The number of halogens is 6. The molecule has 0 radical (unpaired) electrons. The zero-order chi connectivity index (χ0) is 14.4. The predicted octanol–water partition coefficient (Wildman–Crippen LogP) is 3.59. The van der Waals surface area contributed by atoms with Crippen LogP contribution in [0.2, 0.25) is 0 Å². The summed E-state index contributed by atoms with van der Waals surface area (Å²) < 4.78 is 5.79. The minimum Gasteiger partial charge on any atom is -0.461 e. The standard InChI is InChI=1S/C8H8Cl6O4/c9-7(10,11)3-17-5(15)1-2-6(16)18-4-8(12,13)14/h1-4H2. The summed E-state index contributed by atoms with van der Waals surface area (Å²) in [5.74, 6) is -1.40. The number of carbonyl (C=O) groups is 2. The van der Waals surface area contributed by atoms with E-state index in [-0.39, 0.29) is 12.8 Å². The second-order valence-electron chi connectivity index (χ2n) is 3.05. The Bertz CT molecular complexity index is 265. The molecule has 0 unspecified atom stereocenters. The number of esters is 2. The molecule has 0 bridgehead atoms. The van der Waals surface area contributed by atoms with Gasteiger partial charge in [0.05, 0.1) is 12.8 Å². The van der Waals surface area contributed by atoms with Gasteiger partial charge in [-0.2, -0.15) is 0 Å². The summed E-state index contributed by atoms with van der Waals surface area (Å²) in [6.45, 7) is -0.806. The highest BCUT2D eigenvalue weighted by Gasteiger charge is 2.24. The van der Waals surface area contributed by atoms with Gasteiger partial charge in [-0.05, 0) is 0 Å². The molecular weight excluding hydrogens is 373 g/mol. The quantitative estimate of drug-likeness (QED) is 0.540. The maximum Gasteiger partial charge on any atom is 0.306 e. The Morgan fingerprint density at radius 1 is 0.722 bits per heavy atom. The van der Waals surface area contributed by atoms with Crippen molar-refractivity contribution in [3.8, 4) is 0 Å². The van der Waals surface area contributed by atoms with Crippen molar-refractivity contribution in [2.45, 2.75) is 20.4 Å². The lowest BCUT2D eigenvalue weighted by atomic mass is 10.3. The van der Waals surface area contributed by atoms with Gasteiger partial charge in [-0.3, -0.25) is 9.59 Å². The third kappa shape index (κ3) is 13.1. The van der Waals surface area contributed by atoms with Crippen molar-refractivity contribution in [1.29, 1.82) is 0 Å². The Hall–Kier alpha value is 0.680. The largest absolute Gasteiger partial charge is 0.461 e. The fraction of sp³-hybridized carbons (Fsp3) is 0.750. The SMILES string of the molecule is O=C(CCC(=O)OCC(Cl)(Cl)Cl)OCC(Cl)(Cl)Cl. The van der Waals surface area contributed by atoms with Crippen molar-refractivity contribution in [2.75, 3.05) is 13.2 Å². The van der Waals surface area contributed by atoms with E-state index in [9.17, 15) is 9.59 Å². The lowest BCUT2D eigenvalue weighted by Gasteiger charge is -2.12. The lowest BCUT2D eigenvalue weighted by Crippen LogP contribution is -2.20. The van der Waals surface area contributed by atoms with Crippen molar-refractivity contribution in [3.05, 3.63) is 0 Å². The fourth-order valence-corrected chi connectivity index (χ4v) is 1.00. The van der Waals surface area contributed by atoms with E-state index in [1.165, 1.54) is 0 Å². The Morgan fingerprint density at radius 3 is 1.22 bits per heavy atom. The number of hydrogen-bond acceptors (Lipinski definition) is 4. The monoisotopic (exact) mass is 378 g/mol. The molecule has 18 heavy (non-hydrogen) atoms. The van der Waals surface area contributed by atoms with Crippen molar-refractivity contribution in [2.24, 2.45) is 0 Å². The van der Waals surface area contributed by atoms with Gasteiger partial charge in [-0.15, -0.1) is 0 Å². The van der Waals surface area contributed by atoms with E-state index in [0.29, 0.717) is 0 Å². The minimum atomic E-state index is -1.69. The maximum atomic E-state index is 11.1. The first-order chi connectivity index (χ1) is 7.99. The summed E-state index contributed by atoms with van der Waals surface area (Å²) in [5.41, 5.74) is 0. The summed E-state index contributed by atoms with van der Waals surface area (Å²) in [6, 6.07) is 0. The number of ether oxygens (including phenoxy) is 2. The van der Waals surface area contributed by atoms with Gasteiger partial charge in [0, 0.05) is 0 Å². The van der Waals surface area contributed by atoms with Gasteiger partial charge in [0.1, 0.15) is 13.2 Å². The van der Waals surface area contributed by atoms with E-state index in [2.05, 4.69) is 9.47 Å². The van der Waals surface area contributed by atoms with Gasteiger partial charge in [-0.25, -0.2) is 0 Å². The molecule has 0 aromatic carbocycles. The van der Waals surface area contributed by atoms with Gasteiger partial charge in [-0.1, -0.05) is 69.6 Å². The van der Waals surface area contributed by atoms with Crippen LogP contribution in [0.15, 0.2) is 0 Å². The second kappa shape index (κ2) is 8.08. The molecule has 0 fully saturated rings. The van der Waals surface area contributed by atoms with E-state index >= 15 is 0 Å². The summed E-state index contributed by atoms with van der Waals surface area (Å²) in [7, 11) is 0. The number of hydrogen-bond donors (Lipinski definition) is 0. The first kappa shape index (κ1) is 18.7. The maximum absolute atomic E-state index is 11.1. The van der Waals surface area contributed by atoms with E-state index in [1.807, 2.05) is 0 Å². The van der Waals surface area contributed by atoms with Crippen molar-refractivity contribution in [1.82, 2.24) is 0 Å². The average Bonchev–Trinajstić information content (AvgIpc) is 2.18. The summed E-state index contributed by atoms with van der Waals surface area (Å²) in [5, 5.41) is 0. The molecule has 0 aromatic heterocycles. The van der Waals surface area contributed by atoms with Crippen LogP contribution < -0.4 is 0 Å². The molecule has 0 amide bonds. The molecular formula is C8H8Cl6O4. The topological polar surface area (TPSA) is 52.6 Å². The first-order valence-corrected chi connectivity index (χ1v) is 6.71. The van der Waals surface area contributed by atoms with Crippen LogP contribution in [0.4, 0.5) is 0 Å². The van der Waals surface area contributed by atoms with Gasteiger partial charge in [0.15, 0.2) is 0 Å². The molecule has 0 rings (SSSR count). The zero-order valence-electron chi connectivity index (χ0n) is 8.73. The Labute approximate surface area is 134 Å². The van der Waals surface area contributed by atoms with Crippen LogP contribution in [0, 0.1) is 0 Å². The highest BCUT2D eigenvalue weighted by molar-refractivity contribution is 6.68. The van der Waals surface area contributed by atoms with Crippen LogP contribution in [0.25, 0.3) is 0 Å². The molecule has 0 heterocycles. The molecule has 0 saturated carbocycles. The van der Waals surface area contributed by atoms with Gasteiger partial charge >= 0.3 is 11.9 Å². The van der Waals surface area contributed by atoms with E-state index < -0.39 is 32.7 Å². The normalized spacial score (nSPS) is 12.1. The molecule has 0 aliphatic rings. The summed E-state index contributed by atoms with van der Waals surface area (Å²) in [4.78, 5) is 22.2. The van der Waals surface area contributed by atoms with Crippen LogP contribution in [0.3, 0.4) is 0 Å². The van der Waals surface area contributed by atoms with Gasteiger partial charge < -0.3 is 9.47 Å². The summed E-state index contributed by atoms with van der Waals surface area (Å²) in [6.07, 6.45) is -0.446. The molecule has 106 valence electrons. The highest BCUT2D eigenvalue weighted by atomic mass is 35.6. The molecule has 0 aliphatic heterocycles. The number of carbonyl (C=O) groups excluding carboxylic acids is 2. The third-order valence-electron chi connectivity index (χ3n) is 1.33. The van der Waals surface area contributed by atoms with E-state index in [4.69, 9.17) is 69.6 Å². The van der Waals surface area contributed by atoms with E-state index in [0.717, 1.165) is 0 Å². The Morgan fingerprint density at radius 2 is 1.00 bits per heavy atom. The molecule has 0 aromatic rings. The minimum absolute atomic E-state index is 0.223. The van der Waals surface area contributed by atoms with Crippen molar-refractivity contribution >= 4 is 81.5 Å². The smallest absolute Gasteiger partial charge is 0.306 e. The highest BCUT2D eigenvalue weighted by Crippen LogP contribution is 2.27. The van der Waals surface area contributed by atoms with Crippen LogP contribution in [0.1, 0.15) is 12.8 Å². The van der Waals surface area contributed by atoms with Crippen molar-refractivity contribution in [3.63, 3.8) is 0 Å². The molecule has 0 spiro atoms. The molecule has 4 nitrogen and oxygen atoms in total. The number of alkyl halides is 6. The fourth-order valence-electron chi connectivity index (χ4n) is 0.673. The van der Waals surface area contributed by atoms with Gasteiger partial charge in [0.25, 0.3) is 0 Å². The second-order valence-corrected chi connectivity index (χ2v) is 8.08. The lowest BCUT2D eigenvalue weighted by molar-refractivity contribution is -0.150. The predicted molar refractivity (Wildman–Crippen MR) is 71.7 cm³/mol. The molecule has 0 aliphatic carbocycles. The molecule has 0 N–H and O–H groups in total. The van der Waals surface area contributed by atoms with Crippen LogP contribution >= 0.6 is 69.6 Å². The van der Waals surface area contributed by atoms with Crippen LogP contribution in [-0.2, 0) is 19.1 Å². The van der Waals surface area contributed by atoms with Crippen LogP contribution in [-0.4, -0.2) is 32.7 Å². The summed E-state index contributed by atoms with van der Waals surface area (Å²) >= 11 is 32.1. The zero-order valence-corrected chi connectivity index (χ0v) is 13.3. The van der Waals surface area contributed by atoms with Crippen molar-refractivity contribution < 1.29 is 19.1 Å². The molecule has 10 heteroatoms. The van der Waals surface area contributed by atoms with E-state index in [1.54, 1.807) is 0 Å². The average molecular weight is 381 g/mol. The van der Waals surface area contributed by atoms with Crippen LogP contribution in [0.5, 0.6) is 0 Å². The molecule has 0 saturated heterocycles. The Balaban J connectivity index is 3.76. The number of rotatable bonds is 5. The Kier molecular flexibility index (Phi) is 8.38. The molecule has 0 atom stereocenters. The third-order valence-corrected chi connectivity index (χ3v) is 1.98.